The molecular formula is C10H21O3PSi2. The highest BCUT2D eigenvalue weighted by Crippen LogP contribution is 2.29. The Balaban J connectivity index is 5.33. The molecule has 0 radical (unpaired) electrons. The summed E-state index contributed by atoms with van der Waals surface area (Å²) in [5.41, 5.74) is 5.75. The average molecular weight is 276 g/mol. The van der Waals surface area contributed by atoms with E-state index >= 15 is 0 Å². The van der Waals surface area contributed by atoms with Gasteiger partial charge in [0.1, 0.15) is 8.07 Å². The fraction of sp³-hybridized carbons (Fsp3) is 0.400. The molecule has 0 saturated carbocycles. The van der Waals surface area contributed by atoms with Crippen LogP contribution in [0.25, 0.3) is 0 Å². The van der Waals surface area contributed by atoms with E-state index < -0.39 is 24.4 Å². The van der Waals surface area contributed by atoms with Crippen LogP contribution in [-0.2, 0) is 9.09 Å². The lowest BCUT2D eigenvalue weighted by Gasteiger charge is -2.24. The van der Waals surface area contributed by atoms with Crippen LogP contribution in [0.2, 0.25) is 26.2 Å². The maximum absolute atomic E-state index is 10.8. The summed E-state index contributed by atoms with van der Waals surface area (Å²) in [7, 11) is -6.59. The molecule has 92 valence electrons. The largest absolute Gasteiger partial charge is 0.437 e. The van der Waals surface area contributed by atoms with Gasteiger partial charge in [0.05, 0.1) is 13.5 Å². The summed E-state index contributed by atoms with van der Waals surface area (Å²) in [6.45, 7) is 15.8. The van der Waals surface area contributed by atoms with Gasteiger partial charge < -0.3 is 9.42 Å². The third kappa shape index (κ3) is 5.12. The number of hydrogen-bond donors (Lipinski definition) is 1. The summed E-state index contributed by atoms with van der Waals surface area (Å²) in [4.78, 5) is 8.91. The molecule has 0 aliphatic carbocycles. The van der Waals surface area contributed by atoms with Gasteiger partial charge in [0.15, 0.2) is 0 Å². The molecule has 0 rings (SSSR count). The highest BCUT2D eigenvalue weighted by Gasteiger charge is 2.28. The first-order valence-electron chi connectivity index (χ1n) is 5.06. The van der Waals surface area contributed by atoms with Crippen LogP contribution in [0.1, 0.15) is 0 Å². The monoisotopic (exact) mass is 276 g/mol. The van der Waals surface area contributed by atoms with Crippen molar-refractivity contribution in [1.29, 1.82) is 0 Å². The highest BCUT2D eigenvalue weighted by atomic mass is 31.1. The molecule has 0 aliphatic heterocycles. The van der Waals surface area contributed by atoms with E-state index in [2.05, 4.69) is 26.3 Å². The second-order valence-electron chi connectivity index (χ2n) is 4.83. The van der Waals surface area contributed by atoms with Crippen molar-refractivity contribution < 1.29 is 14.0 Å². The maximum atomic E-state index is 10.8. The van der Waals surface area contributed by atoms with E-state index in [4.69, 9.17) is 9.42 Å². The fourth-order valence-electron chi connectivity index (χ4n) is 0.938. The molecule has 6 heteroatoms. The molecule has 1 unspecified atom stereocenters. The van der Waals surface area contributed by atoms with Crippen LogP contribution in [0.3, 0.4) is 0 Å². The molecule has 0 aromatic carbocycles. The van der Waals surface area contributed by atoms with Crippen molar-refractivity contribution in [3.8, 4) is 0 Å². The lowest BCUT2D eigenvalue weighted by Crippen LogP contribution is -2.31. The standard InChI is InChI=1S/C10H21O3PSi2/c1-7-15(3,4)9-10(13-14(11)12)16(5,6)8-2/h7-9,14H,1-2H2,3-6H3,(H,11,12). The normalized spacial score (nSPS) is 15.4. The fourth-order valence-corrected chi connectivity index (χ4v) is 6.28. The summed E-state index contributed by atoms with van der Waals surface area (Å²) in [6.07, 6.45) is 0. The predicted octanol–water partition coefficient (Wildman–Crippen LogP) is 3.21. The molecule has 0 fully saturated rings. The SMILES string of the molecule is C=C[Si](C)(C)C=C(O[PH](=O)O)[Si](C)(C)C=C. The van der Waals surface area contributed by atoms with Gasteiger partial charge in [-0.1, -0.05) is 43.3 Å². The van der Waals surface area contributed by atoms with Crippen LogP contribution in [-0.4, -0.2) is 21.0 Å². The molecule has 0 spiro atoms. The smallest absolute Gasteiger partial charge is 0.364 e. The molecule has 0 bridgehead atoms. The van der Waals surface area contributed by atoms with Gasteiger partial charge in [-0.2, -0.15) is 0 Å². The van der Waals surface area contributed by atoms with Crippen molar-refractivity contribution in [2.24, 2.45) is 0 Å². The van der Waals surface area contributed by atoms with Gasteiger partial charge in [-0.3, -0.25) is 0 Å². The van der Waals surface area contributed by atoms with Gasteiger partial charge >= 0.3 is 8.25 Å². The minimum Gasteiger partial charge on any atom is -0.437 e. The molecule has 0 aromatic heterocycles. The Bertz CT molecular complexity index is 335. The van der Waals surface area contributed by atoms with Gasteiger partial charge in [0.2, 0.25) is 0 Å². The van der Waals surface area contributed by atoms with E-state index in [1.54, 1.807) is 0 Å². The Kier molecular flexibility index (Phi) is 5.69. The van der Waals surface area contributed by atoms with E-state index in [0.29, 0.717) is 5.38 Å². The van der Waals surface area contributed by atoms with Crippen LogP contribution >= 0.6 is 8.25 Å². The summed E-state index contributed by atoms with van der Waals surface area (Å²) in [5.74, 6) is 0. The number of hydrogen-bond acceptors (Lipinski definition) is 2. The molecule has 3 nitrogen and oxygen atoms in total. The lowest BCUT2D eigenvalue weighted by atomic mass is 11.1. The molecule has 0 heterocycles. The average Bonchev–Trinajstić information content (AvgIpc) is 2.16. The molecule has 0 saturated heterocycles. The first-order chi connectivity index (χ1) is 7.14. The van der Waals surface area contributed by atoms with Gasteiger partial charge in [0.25, 0.3) is 0 Å². The molecule has 1 atom stereocenters. The van der Waals surface area contributed by atoms with Gasteiger partial charge in [-0.05, 0) is 0 Å². The Morgan fingerprint density at radius 2 is 1.75 bits per heavy atom. The third-order valence-electron chi connectivity index (χ3n) is 2.37. The van der Waals surface area contributed by atoms with Crippen LogP contribution in [0.15, 0.2) is 35.6 Å². The molecule has 0 aliphatic rings. The van der Waals surface area contributed by atoms with Crippen LogP contribution in [0, 0.1) is 0 Å². The zero-order valence-electron chi connectivity index (χ0n) is 10.4. The second-order valence-corrected chi connectivity index (χ2v) is 14.2. The Hall–Kier alpha value is -0.356. The summed E-state index contributed by atoms with van der Waals surface area (Å²) >= 11 is 0. The predicted molar refractivity (Wildman–Crippen MR) is 75.7 cm³/mol. The Labute approximate surface area is 101 Å². The van der Waals surface area contributed by atoms with E-state index in [1.165, 1.54) is 0 Å². The third-order valence-corrected chi connectivity index (χ3v) is 7.85. The van der Waals surface area contributed by atoms with Crippen molar-refractivity contribution >= 4 is 24.4 Å². The van der Waals surface area contributed by atoms with Gasteiger partial charge in [-0.25, -0.2) is 4.57 Å². The van der Waals surface area contributed by atoms with Crippen molar-refractivity contribution in [3.63, 3.8) is 0 Å². The molecule has 16 heavy (non-hydrogen) atoms. The van der Waals surface area contributed by atoms with Crippen molar-refractivity contribution in [2.75, 3.05) is 0 Å². The zero-order valence-corrected chi connectivity index (χ0v) is 13.4. The second kappa shape index (κ2) is 5.82. The molecular weight excluding hydrogens is 255 g/mol. The summed E-state index contributed by atoms with van der Waals surface area (Å²) in [5, 5.41) is 0.644. The first-order valence-corrected chi connectivity index (χ1v) is 12.6. The molecule has 1 N–H and O–H groups in total. The van der Waals surface area contributed by atoms with Crippen LogP contribution in [0.5, 0.6) is 0 Å². The highest BCUT2D eigenvalue weighted by molar-refractivity contribution is 7.32. The van der Waals surface area contributed by atoms with Crippen LogP contribution in [0.4, 0.5) is 0 Å². The van der Waals surface area contributed by atoms with Crippen molar-refractivity contribution in [3.05, 3.63) is 35.6 Å². The quantitative estimate of drug-likeness (QED) is 0.460. The van der Waals surface area contributed by atoms with Gasteiger partial charge in [0, 0.05) is 0 Å². The molecule has 0 amide bonds. The zero-order chi connectivity index (χ0) is 13.0. The van der Waals surface area contributed by atoms with E-state index in [0.717, 1.165) is 0 Å². The number of rotatable bonds is 6. The minimum absolute atomic E-state index is 0.644. The molecule has 0 aromatic rings. The van der Waals surface area contributed by atoms with E-state index in [9.17, 15) is 4.57 Å². The Morgan fingerprint density at radius 3 is 2.06 bits per heavy atom. The van der Waals surface area contributed by atoms with E-state index in [1.807, 2.05) is 30.2 Å². The minimum atomic E-state index is -2.95. The lowest BCUT2D eigenvalue weighted by molar-refractivity contribution is 0.367. The topological polar surface area (TPSA) is 46.5 Å². The maximum Gasteiger partial charge on any atom is 0.364 e. The summed E-state index contributed by atoms with van der Waals surface area (Å²) < 4.78 is 15.9. The van der Waals surface area contributed by atoms with E-state index in [-0.39, 0.29) is 0 Å². The van der Waals surface area contributed by atoms with Crippen LogP contribution < -0.4 is 0 Å². The summed E-state index contributed by atoms with van der Waals surface area (Å²) in [6, 6.07) is 0. The van der Waals surface area contributed by atoms with Crippen molar-refractivity contribution in [1.82, 2.24) is 0 Å². The van der Waals surface area contributed by atoms with Crippen molar-refractivity contribution in [2.45, 2.75) is 26.2 Å². The first kappa shape index (κ1) is 15.6. The van der Waals surface area contributed by atoms with Gasteiger partial charge in [-0.15, -0.1) is 13.2 Å². The Morgan fingerprint density at radius 1 is 1.25 bits per heavy atom.